The van der Waals surface area contributed by atoms with Crippen LogP contribution in [0.1, 0.15) is 11.1 Å². The zero-order valence-electron chi connectivity index (χ0n) is 18.6. The molecule has 0 aliphatic heterocycles. The summed E-state index contributed by atoms with van der Waals surface area (Å²) in [5, 5.41) is 16.5. The molecule has 4 aromatic carbocycles. The van der Waals surface area contributed by atoms with Crippen molar-refractivity contribution in [2.45, 2.75) is 0 Å². The summed E-state index contributed by atoms with van der Waals surface area (Å²) in [6.45, 7) is 2.96. The van der Waals surface area contributed by atoms with Crippen LogP contribution in [0.3, 0.4) is 0 Å². The van der Waals surface area contributed by atoms with Crippen LogP contribution < -0.4 is 0 Å². The maximum Gasteiger partial charge on any atom is 0.328 e. The fraction of sp³-hybridized carbons (Fsp3) is 0. The first-order valence-corrected chi connectivity index (χ1v) is 10.5. The minimum absolute atomic E-state index is 0.721. The molecule has 0 heterocycles. The second kappa shape index (κ2) is 14.4. The van der Waals surface area contributed by atoms with Gasteiger partial charge < -0.3 is 10.2 Å². The predicted molar refractivity (Wildman–Crippen MR) is 137 cm³/mol. The quantitative estimate of drug-likeness (QED) is 0.327. The molecule has 0 saturated carbocycles. The Hall–Kier alpha value is -4.70. The fourth-order valence-corrected chi connectivity index (χ4v) is 2.95. The lowest BCUT2D eigenvalue weighted by atomic mass is 9.98. The summed E-state index contributed by atoms with van der Waals surface area (Å²) in [6.07, 6.45) is 2.07. The highest BCUT2D eigenvalue weighted by atomic mass is 16.4. The van der Waals surface area contributed by atoms with Crippen LogP contribution >= 0.6 is 0 Å². The standard InChI is InChI=1S/C15H12O2.C12H10.C3H4O2/c16-15(17)11-14(12-7-3-1-4-8-12)13-9-5-2-6-10-13;1-3-7-11(8-4-1)12-9-5-2-6-10-12;1-2-3(4)5/h1-11H,(H,16,17);1-10H;2H,1H2,(H,4,5). The van der Waals surface area contributed by atoms with Crippen molar-refractivity contribution in [1.29, 1.82) is 0 Å². The monoisotopic (exact) mass is 450 g/mol. The van der Waals surface area contributed by atoms with Gasteiger partial charge in [-0.15, -0.1) is 0 Å². The molecular formula is C30H26O4. The number of hydrogen-bond donors (Lipinski definition) is 2. The van der Waals surface area contributed by atoms with Crippen molar-refractivity contribution in [2.24, 2.45) is 0 Å². The molecule has 0 aromatic heterocycles. The Balaban J connectivity index is 0.000000209. The van der Waals surface area contributed by atoms with E-state index in [0.717, 1.165) is 22.8 Å². The minimum atomic E-state index is -0.981. The normalized spacial score (nSPS) is 9.18. The van der Waals surface area contributed by atoms with E-state index in [1.807, 2.05) is 72.8 Å². The SMILES string of the molecule is C=CC(=O)O.O=C(O)C=C(c1ccccc1)c1ccccc1.c1ccc(-c2ccccc2)cc1. The summed E-state index contributed by atoms with van der Waals surface area (Å²) in [4.78, 5) is 20.1. The van der Waals surface area contributed by atoms with Crippen molar-refractivity contribution in [3.63, 3.8) is 0 Å². The van der Waals surface area contributed by atoms with E-state index in [4.69, 9.17) is 10.2 Å². The first-order valence-electron chi connectivity index (χ1n) is 10.5. The van der Waals surface area contributed by atoms with Gasteiger partial charge in [0.1, 0.15) is 0 Å². The topological polar surface area (TPSA) is 74.6 Å². The van der Waals surface area contributed by atoms with E-state index in [0.29, 0.717) is 0 Å². The van der Waals surface area contributed by atoms with Crippen molar-refractivity contribution in [3.8, 4) is 11.1 Å². The van der Waals surface area contributed by atoms with Crippen molar-refractivity contribution in [1.82, 2.24) is 0 Å². The fourth-order valence-electron chi connectivity index (χ4n) is 2.95. The van der Waals surface area contributed by atoms with E-state index in [2.05, 4.69) is 55.1 Å². The highest BCUT2D eigenvalue weighted by molar-refractivity contribution is 5.95. The Morgan fingerprint density at radius 1 is 0.529 bits per heavy atom. The van der Waals surface area contributed by atoms with Gasteiger partial charge in [-0.1, -0.05) is 128 Å². The molecule has 0 bridgehead atoms. The Labute approximate surface area is 199 Å². The Morgan fingerprint density at radius 2 is 0.824 bits per heavy atom. The van der Waals surface area contributed by atoms with Gasteiger partial charge in [0, 0.05) is 12.2 Å². The summed E-state index contributed by atoms with van der Waals surface area (Å²) in [6, 6.07) is 39.8. The zero-order valence-corrected chi connectivity index (χ0v) is 18.6. The van der Waals surface area contributed by atoms with E-state index in [-0.39, 0.29) is 0 Å². The highest BCUT2D eigenvalue weighted by Gasteiger charge is 2.06. The summed E-state index contributed by atoms with van der Waals surface area (Å²) in [5.41, 5.74) is 5.08. The third-order valence-electron chi connectivity index (χ3n) is 4.49. The van der Waals surface area contributed by atoms with Gasteiger partial charge in [-0.05, 0) is 27.8 Å². The predicted octanol–water partition coefficient (Wildman–Crippen LogP) is 6.81. The Bertz CT molecular complexity index is 1100. The van der Waals surface area contributed by atoms with E-state index < -0.39 is 11.9 Å². The van der Waals surface area contributed by atoms with Crippen LogP contribution in [0.25, 0.3) is 16.7 Å². The van der Waals surface area contributed by atoms with Crippen LogP contribution in [0.15, 0.2) is 140 Å². The Kier molecular flexibility index (Phi) is 10.8. The lowest BCUT2D eigenvalue weighted by Crippen LogP contribution is -1.94. The van der Waals surface area contributed by atoms with Crippen LogP contribution in [0, 0.1) is 0 Å². The molecule has 2 N–H and O–H groups in total. The summed E-state index contributed by atoms with van der Waals surface area (Å²) < 4.78 is 0. The van der Waals surface area contributed by atoms with Crippen LogP contribution in [-0.2, 0) is 9.59 Å². The first-order chi connectivity index (χ1) is 16.5. The molecule has 34 heavy (non-hydrogen) atoms. The van der Waals surface area contributed by atoms with Crippen LogP contribution in [-0.4, -0.2) is 22.2 Å². The summed E-state index contributed by atoms with van der Waals surface area (Å²) >= 11 is 0. The largest absolute Gasteiger partial charge is 0.478 e. The summed E-state index contributed by atoms with van der Waals surface area (Å²) in [5.74, 6) is -1.92. The molecule has 4 heteroatoms. The molecular weight excluding hydrogens is 424 g/mol. The number of carboxylic acid groups (broad SMARTS) is 2. The van der Waals surface area contributed by atoms with Crippen LogP contribution in [0.2, 0.25) is 0 Å². The van der Waals surface area contributed by atoms with Gasteiger partial charge in [-0.3, -0.25) is 0 Å². The molecule has 170 valence electrons. The van der Waals surface area contributed by atoms with E-state index in [9.17, 15) is 9.59 Å². The second-order valence-electron chi connectivity index (χ2n) is 6.90. The molecule has 4 nitrogen and oxygen atoms in total. The average molecular weight is 451 g/mol. The van der Waals surface area contributed by atoms with Gasteiger partial charge in [0.05, 0.1) is 0 Å². The summed E-state index contributed by atoms with van der Waals surface area (Å²) in [7, 11) is 0. The van der Waals surface area contributed by atoms with Crippen molar-refractivity contribution in [2.75, 3.05) is 0 Å². The molecule has 4 rings (SSSR count). The van der Waals surface area contributed by atoms with Crippen molar-refractivity contribution >= 4 is 17.5 Å². The van der Waals surface area contributed by atoms with Crippen molar-refractivity contribution < 1.29 is 19.8 Å². The lowest BCUT2D eigenvalue weighted by molar-refractivity contribution is -0.132. The van der Waals surface area contributed by atoms with Gasteiger partial charge in [0.25, 0.3) is 0 Å². The lowest BCUT2D eigenvalue weighted by Gasteiger charge is -2.06. The molecule has 0 radical (unpaired) electrons. The molecule has 0 saturated heterocycles. The Morgan fingerprint density at radius 3 is 1.09 bits per heavy atom. The molecule has 0 aliphatic rings. The maximum absolute atomic E-state index is 10.9. The molecule has 0 atom stereocenters. The average Bonchev–Trinajstić information content (AvgIpc) is 2.90. The van der Waals surface area contributed by atoms with Gasteiger partial charge in [0.15, 0.2) is 0 Å². The van der Waals surface area contributed by atoms with Crippen LogP contribution in [0.5, 0.6) is 0 Å². The number of carbonyl (C=O) groups is 2. The number of benzene rings is 4. The van der Waals surface area contributed by atoms with Gasteiger partial charge in [-0.2, -0.15) is 0 Å². The van der Waals surface area contributed by atoms with E-state index in [1.54, 1.807) is 0 Å². The number of carboxylic acids is 2. The van der Waals surface area contributed by atoms with Gasteiger partial charge >= 0.3 is 11.9 Å². The smallest absolute Gasteiger partial charge is 0.328 e. The molecule has 0 fully saturated rings. The zero-order chi connectivity index (χ0) is 24.6. The number of aliphatic carboxylic acids is 2. The number of rotatable bonds is 5. The van der Waals surface area contributed by atoms with E-state index >= 15 is 0 Å². The second-order valence-corrected chi connectivity index (χ2v) is 6.90. The first kappa shape index (κ1) is 25.6. The van der Waals surface area contributed by atoms with Crippen molar-refractivity contribution in [3.05, 3.63) is 151 Å². The number of hydrogen-bond acceptors (Lipinski definition) is 2. The molecule has 0 amide bonds. The van der Waals surface area contributed by atoms with E-state index in [1.165, 1.54) is 17.2 Å². The molecule has 4 aromatic rings. The molecule has 0 spiro atoms. The highest BCUT2D eigenvalue weighted by Crippen LogP contribution is 2.22. The third-order valence-corrected chi connectivity index (χ3v) is 4.49. The minimum Gasteiger partial charge on any atom is -0.478 e. The third kappa shape index (κ3) is 9.20. The molecule has 0 unspecified atom stereocenters. The van der Waals surface area contributed by atoms with Gasteiger partial charge in [0.2, 0.25) is 0 Å². The van der Waals surface area contributed by atoms with Crippen LogP contribution in [0.4, 0.5) is 0 Å². The molecule has 0 aliphatic carbocycles. The maximum atomic E-state index is 10.9. The van der Waals surface area contributed by atoms with Gasteiger partial charge in [-0.25, -0.2) is 9.59 Å².